The van der Waals surface area contributed by atoms with E-state index in [9.17, 15) is 0 Å². The van der Waals surface area contributed by atoms with E-state index in [1.165, 1.54) is 19.3 Å². The van der Waals surface area contributed by atoms with Gasteiger partial charge < -0.3 is 19.4 Å². The molecule has 1 fully saturated rings. The number of hydrogen-bond acceptors (Lipinski definition) is 6. The van der Waals surface area contributed by atoms with Crippen LogP contribution in [0.1, 0.15) is 32.1 Å². The highest BCUT2D eigenvalue weighted by atomic mass is 16.5. The van der Waals surface area contributed by atoms with Crippen LogP contribution in [0.2, 0.25) is 0 Å². The molecular weight excluding hydrogens is 244 g/mol. The van der Waals surface area contributed by atoms with Gasteiger partial charge in [-0.3, -0.25) is 0 Å². The molecule has 108 valence electrons. The van der Waals surface area contributed by atoms with Crippen molar-refractivity contribution in [3.05, 3.63) is 5.89 Å². The standard InChI is InChI=1S/C13H24N4O2/c1-3-4-11-5-7-17(10-11)13-16-15-12(19-13)9-14-6-8-18-2/h11,14H,3-10H2,1-2H3. The van der Waals surface area contributed by atoms with Gasteiger partial charge in [-0.1, -0.05) is 18.4 Å². The van der Waals surface area contributed by atoms with Gasteiger partial charge >= 0.3 is 6.01 Å². The summed E-state index contributed by atoms with van der Waals surface area (Å²) in [7, 11) is 1.69. The maximum atomic E-state index is 5.67. The van der Waals surface area contributed by atoms with Crippen LogP contribution in [0.3, 0.4) is 0 Å². The van der Waals surface area contributed by atoms with Crippen molar-refractivity contribution in [3.63, 3.8) is 0 Å². The molecule has 1 atom stereocenters. The van der Waals surface area contributed by atoms with Gasteiger partial charge in [0.2, 0.25) is 5.89 Å². The van der Waals surface area contributed by atoms with Gasteiger partial charge in [-0.2, -0.15) is 0 Å². The molecule has 1 aliphatic heterocycles. The predicted molar refractivity (Wildman–Crippen MR) is 73.1 cm³/mol. The van der Waals surface area contributed by atoms with E-state index in [0.717, 1.165) is 25.6 Å². The second kappa shape index (κ2) is 7.45. The molecule has 1 aliphatic rings. The number of ether oxygens (including phenoxy) is 1. The molecule has 0 aromatic carbocycles. The van der Waals surface area contributed by atoms with Crippen LogP contribution < -0.4 is 10.2 Å². The Bertz CT molecular complexity index is 369. The van der Waals surface area contributed by atoms with Crippen LogP contribution in [0.5, 0.6) is 0 Å². The molecule has 1 saturated heterocycles. The molecule has 0 bridgehead atoms. The highest BCUT2D eigenvalue weighted by Crippen LogP contribution is 2.25. The molecule has 0 radical (unpaired) electrons. The van der Waals surface area contributed by atoms with Gasteiger partial charge in [-0.25, -0.2) is 0 Å². The number of methoxy groups -OCH3 is 1. The van der Waals surface area contributed by atoms with E-state index in [2.05, 4.69) is 27.3 Å². The van der Waals surface area contributed by atoms with Gasteiger partial charge in [0, 0.05) is 26.7 Å². The van der Waals surface area contributed by atoms with Crippen molar-refractivity contribution < 1.29 is 9.15 Å². The molecular formula is C13H24N4O2. The van der Waals surface area contributed by atoms with Crippen LogP contribution >= 0.6 is 0 Å². The number of hydrogen-bond donors (Lipinski definition) is 1. The smallest absolute Gasteiger partial charge is 0.318 e. The fraction of sp³-hybridized carbons (Fsp3) is 0.846. The minimum atomic E-state index is 0.600. The Balaban J connectivity index is 1.77. The number of rotatable bonds is 8. The van der Waals surface area contributed by atoms with E-state index in [1.807, 2.05) is 0 Å². The first-order chi connectivity index (χ1) is 9.33. The zero-order chi connectivity index (χ0) is 13.5. The van der Waals surface area contributed by atoms with Crippen molar-refractivity contribution >= 4 is 6.01 Å². The lowest BCUT2D eigenvalue weighted by molar-refractivity contribution is 0.198. The normalized spacial score (nSPS) is 19.3. The quantitative estimate of drug-likeness (QED) is 0.720. The minimum Gasteiger partial charge on any atom is -0.407 e. The zero-order valence-electron chi connectivity index (χ0n) is 11.9. The third-order valence-corrected chi connectivity index (χ3v) is 3.47. The maximum Gasteiger partial charge on any atom is 0.318 e. The lowest BCUT2D eigenvalue weighted by Crippen LogP contribution is -2.20. The minimum absolute atomic E-state index is 0.600. The molecule has 0 saturated carbocycles. The van der Waals surface area contributed by atoms with E-state index in [4.69, 9.17) is 9.15 Å². The lowest BCUT2D eigenvalue weighted by atomic mass is 10.0. The van der Waals surface area contributed by atoms with Crippen LogP contribution in [0, 0.1) is 5.92 Å². The van der Waals surface area contributed by atoms with Gasteiger partial charge in [-0.15, -0.1) is 5.10 Å². The van der Waals surface area contributed by atoms with Crippen molar-refractivity contribution in [2.45, 2.75) is 32.7 Å². The molecule has 1 aromatic rings. The maximum absolute atomic E-state index is 5.67. The molecule has 1 N–H and O–H groups in total. The number of nitrogens with zero attached hydrogens (tertiary/aromatic N) is 3. The van der Waals surface area contributed by atoms with Gasteiger partial charge in [0.25, 0.3) is 0 Å². The number of aromatic nitrogens is 2. The summed E-state index contributed by atoms with van der Waals surface area (Å²) in [4.78, 5) is 2.20. The summed E-state index contributed by atoms with van der Waals surface area (Å²) < 4.78 is 10.6. The van der Waals surface area contributed by atoms with Gasteiger partial charge in [0.15, 0.2) is 0 Å². The zero-order valence-corrected chi connectivity index (χ0v) is 11.9. The molecule has 0 spiro atoms. The Morgan fingerprint density at radius 1 is 1.47 bits per heavy atom. The van der Waals surface area contributed by atoms with Gasteiger partial charge in [0.05, 0.1) is 13.2 Å². The summed E-state index contributed by atoms with van der Waals surface area (Å²) in [6.45, 7) is 6.39. The number of anilines is 1. The third-order valence-electron chi connectivity index (χ3n) is 3.47. The van der Waals surface area contributed by atoms with Crippen LogP contribution in [-0.4, -0.2) is 43.5 Å². The van der Waals surface area contributed by atoms with E-state index in [0.29, 0.717) is 25.1 Å². The number of nitrogens with one attached hydrogen (secondary N) is 1. The highest BCUT2D eigenvalue weighted by Gasteiger charge is 2.25. The summed E-state index contributed by atoms with van der Waals surface area (Å²) in [6.07, 6.45) is 3.77. The second-order valence-electron chi connectivity index (χ2n) is 5.04. The molecule has 0 amide bonds. The average molecular weight is 268 g/mol. The van der Waals surface area contributed by atoms with E-state index < -0.39 is 0 Å². The molecule has 1 aromatic heterocycles. The third kappa shape index (κ3) is 4.18. The van der Waals surface area contributed by atoms with Crippen molar-refractivity contribution in [2.75, 3.05) is 38.3 Å². The summed E-state index contributed by atoms with van der Waals surface area (Å²) in [6, 6.07) is 0.669. The van der Waals surface area contributed by atoms with Crippen molar-refractivity contribution in [1.82, 2.24) is 15.5 Å². The molecule has 6 heteroatoms. The van der Waals surface area contributed by atoms with Crippen molar-refractivity contribution in [1.29, 1.82) is 0 Å². The van der Waals surface area contributed by atoms with Crippen molar-refractivity contribution in [2.24, 2.45) is 5.92 Å². The topological polar surface area (TPSA) is 63.4 Å². The van der Waals surface area contributed by atoms with E-state index in [-0.39, 0.29) is 0 Å². The van der Waals surface area contributed by atoms with E-state index >= 15 is 0 Å². The monoisotopic (exact) mass is 268 g/mol. The lowest BCUT2D eigenvalue weighted by Gasteiger charge is -2.12. The van der Waals surface area contributed by atoms with Crippen LogP contribution in [0.15, 0.2) is 4.42 Å². The second-order valence-corrected chi connectivity index (χ2v) is 5.04. The van der Waals surface area contributed by atoms with Crippen molar-refractivity contribution in [3.8, 4) is 0 Å². The van der Waals surface area contributed by atoms with Gasteiger partial charge in [0.1, 0.15) is 0 Å². The van der Waals surface area contributed by atoms with E-state index in [1.54, 1.807) is 7.11 Å². The molecule has 6 nitrogen and oxygen atoms in total. The molecule has 2 rings (SSSR count). The summed E-state index contributed by atoms with van der Waals surface area (Å²) >= 11 is 0. The largest absolute Gasteiger partial charge is 0.407 e. The summed E-state index contributed by atoms with van der Waals surface area (Å²) in [5.41, 5.74) is 0. The summed E-state index contributed by atoms with van der Waals surface area (Å²) in [5.74, 6) is 1.42. The predicted octanol–water partition coefficient (Wildman–Crippen LogP) is 1.43. The summed E-state index contributed by atoms with van der Waals surface area (Å²) in [5, 5.41) is 11.4. The Morgan fingerprint density at radius 3 is 3.16 bits per heavy atom. The first-order valence-corrected chi connectivity index (χ1v) is 7.10. The SMILES string of the molecule is CCCC1CCN(c2nnc(CNCCOC)o2)C1. The highest BCUT2D eigenvalue weighted by molar-refractivity contribution is 5.26. The fourth-order valence-corrected chi connectivity index (χ4v) is 2.46. The van der Waals surface area contributed by atoms with Crippen LogP contribution in [0.25, 0.3) is 0 Å². The molecule has 2 heterocycles. The molecule has 1 unspecified atom stereocenters. The first kappa shape index (κ1) is 14.3. The molecule has 0 aliphatic carbocycles. The Labute approximate surface area is 114 Å². The molecule has 19 heavy (non-hydrogen) atoms. The average Bonchev–Trinajstić information content (AvgIpc) is 3.04. The Kier molecular flexibility index (Phi) is 5.60. The first-order valence-electron chi connectivity index (χ1n) is 7.10. The fourth-order valence-electron chi connectivity index (χ4n) is 2.46. The Hall–Kier alpha value is -1.14. The Morgan fingerprint density at radius 2 is 2.37 bits per heavy atom. The van der Waals surface area contributed by atoms with Crippen LogP contribution in [0.4, 0.5) is 6.01 Å². The van der Waals surface area contributed by atoms with Gasteiger partial charge in [-0.05, 0) is 18.8 Å². The van der Waals surface area contributed by atoms with Crippen LogP contribution in [-0.2, 0) is 11.3 Å².